The topological polar surface area (TPSA) is 18.5 Å². The summed E-state index contributed by atoms with van der Waals surface area (Å²) in [5, 5.41) is 0. The van der Waals surface area contributed by atoms with Crippen molar-refractivity contribution in [2.24, 2.45) is 5.92 Å². The molecule has 128 valence electrons. The minimum atomic E-state index is -0.251. The molecule has 2 heterocycles. The van der Waals surface area contributed by atoms with Crippen LogP contribution in [0.5, 0.6) is 0 Å². The summed E-state index contributed by atoms with van der Waals surface area (Å²) < 4.78 is 12.7. The molecule has 0 N–H and O–H groups in total. The second-order valence-electron chi connectivity index (χ2n) is 7.34. The molecule has 0 aliphatic carbocycles. The van der Waals surface area contributed by atoms with Crippen molar-refractivity contribution in [1.29, 1.82) is 0 Å². The van der Waals surface area contributed by atoms with Gasteiger partial charge in [0, 0.05) is 11.5 Å². The monoisotopic (exact) mass is 332 g/mol. The van der Waals surface area contributed by atoms with Gasteiger partial charge in [0.05, 0.1) is 12.2 Å². The molecule has 0 saturated carbocycles. The summed E-state index contributed by atoms with van der Waals surface area (Å²) >= 11 is 0. The summed E-state index contributed by atoms with van der Waals surface area (Å²) in [5.41, 5.74) is 4.63. The van der Waals surface area contributed by atoms with Crippen LogP contribution >= 0.6 is 0 Å². The lowest BCUT2D eigenvalue weighted by Gasteiger charge is -2.27. The van der Waals surface area contributed by atoms with Crippen LogP contribution in [-0.4, -0.2) is 12.2 Å². The molecule has 1 saturated heterocycles. The molecule has 2 aliphatic rings. The number of hydrogen-bond donors (Lipinski definition) is 0. The van der Waals surface area contributed by atoms with E-state index in [1.807, 2.05) is 6.07 Å². The van der Waals surface area contributed by atoms with Gasteiger partial charge in [-0.1, -0.05) is 60.7 Å². The van der Waals surface area contributed by atoms with E-state index < -0.39 is 0 Å². The minimum absolute atomic E-state index is 0.0393. The summed E-state index contributed by atoms with van der Waals surface area (Å²) in [5.74, 6) is 1.17. The zero-order valence-corrected chi connectivity index (χ0v) is 15.0. The smallest absolute Gasteiger partial charge is 0.133 e. The molecular weight excluding hydrogens is 308 g/mol. The van der Waals surface area contributed by atoms with Crippen LogP contribution in [0.2, 0.25) is 0 Å². The van der Waals surface area contributed by atoms with Crippen molar-refractivity contribution in [3.05, 3.63) is 89.0 Å². The van der Waals surface area contributed by atoms with Gasteiger partial charge in [0.1, 0.15) is 11.9 Å². The number of rotatable bonds is 2. The summed E-state index contributed by atoms with van der Waals surface area (Å²) in [7, 11) is 0. The maximum absolute atomic E-state index is 6.60. The van der Waals surface area contributed by atoms with Gasteiger partial charge in [-0.25, -0.2) is 0 Å². The van der Waals surface area contributed by atoms with Gasteiger partial charge in [-0.2, -0.15) is 0 Å². The highest BCUT2D eigenvalue weighted by Gasteiger charge is 2.44. The number of ether oxygens (including phenoxy) is 2. The Kier molecular flexibility index (Phi) is 4.01. The van der Waals surface area contributed by atoms with E-state index in [1.165, 1.54) is 16.7 Å². The highest BCUT2D eigenvalue weighted by molar-refractivity contribution is 5.65. The van der Waals surface area contributed by atoms with Crippen LogP contribution in [0.25, 0.3) is 5.76 Å². The number of hydrogen-bond acceptors (Lipinski definition) is 2. The largest absolute Gasteiger partial charge is 0.484 e. The molecule has 0 amide bonds. The third-order valence-corrected chi connectivity index (χ3v) is 5.29. The van der Waals surface area contributed by atoms with E-state index in [0.717, 1.165) is 11.3 Å². The first kappa shape index (κ1) is 16.2. The number of fused-ring (bicyclic) bond motifs is 1. The summed E-state index contributed by atoms with van der Waals surface area (Å²) in [6.07, 6.45) is 4.29. The van der Waals surface area contributed by atoms with Crippen molar-refractivity contribution < 1.29 is 9.47 Å². The zero-order chi connectivity index (χ0) is 17.4. The molecule has 2 aromatic rings. The number of allylic oxidation sites excluding steroid dienone is 2. The highest BCUT2D eigenvalue weighted by atomic mass is 16.5. The van der Waals surface area contributed by atoms with Gasteiger partial charge in [0.15, 0.2) is 0 Å². The number of benzene rings is 2. The van der Waals surface area contributed by atoms with E-state index in [1.54, 1.807) is 0 Å². The van der Waals surface area contributed by atoms with Crippen molar-refractivity contribution in [3.63, 3.8) is 0 Å². The fourth-order valence-electron chi connectivity index (χ4n) is 3.86. The van der Waals surface area contributed by atoms with Gasteiger partial charge in [-0.15, -0.1) is 0 Å². The Labute approximate surface area is 149 Å². The molecule has 2 nitrogen and oxygen atoms in total. The average Bonchev–Trinajstić information content (AvgIpc) is 2.80. The van der Waals surface area contributed by atoms with Crippen molar-refractivity contribution in [2.45, 2.75) is 32.5 Å². The van der Waals surface area contributed by atoms with Gasteiger partial charge in [-0.05, 0) is 43.5 Å². The number of aryl methyl sites for hydroxylation is 1. The van der Waals surface area contributed by atoms with Crippen LogP contribution in [-0.2, 0) is 9.47 Å². The van der Waals surface area contributed by atoms with E-state index in [9.17, 15) is 0 Å². The first-order valence-corrected chi connectivity index (χ1v) is 8.90. The summed E-state index contributed by atoms with van der Waals surface area (Å²) in [6.45, 7) is 7.11. The molecule has 2 aromatic carbocycles. The molecule has 2 heteroatoms. The Balaban J connectivity index is 1.82. The maximum Gasteiger partial charge on any atom is 0.133 e. The predicted octanol–water partition coefficient (Wildman–Crippen LogP) is 5.46. The molecule has 1 fully saturated rings. The van der Waals surface area contributed by atoms with Crippen LogP contribution in [0.3, 0.4) is 0 Å². The van der Waals surface area contributed by atoms with E-state index in [0.29, 0.717) is 6.61 Å². The first-order chi connectivity index (χ1) is 12.1. The molecule has 0 spiro atoms. The van der Waals surface area contributed by atoms with E-state index >= 15 is 0 Å². The third-order valence-electron chi connectivity index (χ3n) is 5.29. The Morgan fingerprint density at radius 3 is 2.40 bits per heavy atom. The molecular formula is C23H24O2. The molecule has 2 aliphatic heterocycles. The van der Waals surface area contributed by atoms with E-state index in [2.05, 4.69) is 81.5 Å². The minimum Gasteiger partial charge on any atom is -0.484 e. The second-order valence-corrected chi connectivity index (χ2v) is 7.34. The standard InChI is InChI=1S/C23H24O2/c1-16-9-7-8-12-18(16)21-14-13-20-19(15-24-23(20,2)3)22(25-21)17-10-5-4-6-11-17/h4-14,19,22H,15H2,1-3H3/t19-,22+/m0/s1. The van der Waals surface area contributed by atoms with Gasteiger partial charge < -0.3 is 9.47 Å². The Morgan fingerprint density at radius 1 is 0.920 bits per heavy atom. The predicted molar refractivity (Wildman–Crippen MR) is 101 cm³/mol. The second kappa shape index (κ2) is 6.20. The first-order valence-electron chi connectivity index (χ1n) is 8.90. The van der Waals surface area contributed by atoms with E-state index in [-0.39, 0.29) is 17.6 Å². The van der Waals surface area contributed by atoms with Gasteiger partial charge in [-0.3, -0.25) is 0 Å². The van der Waals surface area contributed by atoms with E-state index in [4.69, 9.17) is 9.47 Å². The lowest BCUT2D eigenvalue weighted by Crippen LogP contribution is -2.22. The lowest BCUT2D eigenvalue weighted by atomic mass is 9.84. The van der Waals surface area contributed by atoms with Crippen molar-refractivity contribution in [2.75, 3.05) is 6.61 Å². The van der Waals surface area contributed by atoms with Crippen LogP contribution in [0.1, 0.15) is 36.6 Å². The van der Waals surface area contributed by atoms with Crippen molar-refractivity contribution in [1.82, 2.24) is 0 Å². The Hall–Kier alpha value is -2.32. The summed E-state index contributed by atoms with van der Waals surface area (Å²) in [4.78, 5) is 0. The third kappa shape index (κ3) is 2.91. The van der Waals surface area contributed by atoms with Crippen molar-refractivity contribution >= 4 is 5.76 Å². The Bertz CT molecular complexity index is 830. The average molecular weight is 332 g/mol. The van der Waals surface area contributed by atoms with Crippen LogP contribution in [0.15, 0.2) is 72.3 Å². The zero-order valence-electron chi connectivity index (χ0n) is 15.0. The van der Waals surface area contributed by atoms with Gasteiger partial charge in [0.25, 0.3) is 0 Å². The molecule has 2 atom stereocenters. The molecule has 0 bridgehead atoms. The lowest BCUT2D eigenvalue weighted by molar-refractivity contribution is 0.0354. The molecule has 4 rings (SSSR count). The van der Waals surface area contributed by atoms with Crippen LogP contribution in [0, 0.1) is 12.8 Å². The molecule has 0 unspecified atom stereocenters. The van der Waals surface area contributed by atoms with Crippen LogP contribution < -0.4 is 0 Å². The molecule has 25 heavy (non-hydrogen) atoms. The van der Waals surface area contributed by atoms with Crippen molar-refractivity contribution in [3.8, 4) is 0 Å². The molecule has 0 radical (unpaired) electrons. The van der Waals surface area contributed by atoms with Crippen LogP contribution in [0.4, 0.5) is 0 Å². The summed E-state index contributed by atoms with van der Waals surface area (Å²) in [6, 6.07) is 18.9. The van der Waals surface area contributed by atoms with Gasteiger partial charge in [0.2, 0.25) is 0 Å². The fourth-order valence-corrected chi connectivity index (χ4v) is 3.86. The quantitative estimate of drug-likeness (QED) is 0.727. The Morgan fingerprint density at radius 2 is 1.64 bits per heavy atom. The molecule has 0 aromatic heterocycles. The fraction of sp³-hybridized carbons (Fsp3) is 0.304. The normalized spacial score (nSPS) is 24.6. The SMILES string of the molecule is Cc1ccccc1C1=CC=C2[C@H](COC2(C)C)[C@@H](c2ccccc2)O1. The highest BCUT2D eigenvalue weighted by Crippen LogP contribution is 2.47. The maximum atomic E-state index is 6.60. The van der Waals surface area contributed by atoms with Gasteiger partial charge >= 0.3 is 0 Å².